The molecule has 0 amide bonds. The lowest BCUT2D eigenvalue weighted by Crippen LogP contribution is -2.16. The van der Waals surface area contributed by atoms with E-state index >= 15 is 0 Å². The van der Waals surface area contributed by atoms with Gasteiger partial charge in [0, 0.05) is 17.3 Å². The summed E-state index contributed by atoms with van der Waals surface area (Å²) in [6.45, 7) is 0.467. The fraction of sp³-hybridized carbons (Fsp3) is 0.118. The van der Waals surface area contributed by atoms with Gasteiger partial charge in [-0.05, 0) is 28.8 Å². The Bertz CT molecular complexity index is 802. The fourth-order valence-corrected chi connectivity index (χ4v) is 2.81. The Morgan fingerprint density at radius 2 is 1.85 bits per heavy atom. The van der Waals surface area contributed by atoms with Gasteiger partial charge >= 0.3 is 5.97 Å². The van der Waals surface area contributed by atoms with Crippen LogP contribution in [0.3, 0.4) is 0 Å². The molecule has 0 bridgehead atoms. The first-order valence-corrected chi connectivity index (χ1v) is 6.70. The molecule has 3 aromatic rings. The van der Waals surface area contributed by atoms with Crippen molar-refractivity contribution in [1.82, 2.24) is 4.98 Å². The number of nitrogens with one attached hydrogen (secondary N) is 1. The lowest BCUT2D eigenvalue weighted by molar-refractivity contribution is 0.0475. The molecule has 0 spiro atoms. The first-order valence-electron chi connectivity index (χ1n) is 6.70. The molecule has 2 heterocycles. The molecule has 0 saturated heterocycles. The fourth-order valence-electron chi connectivity index (χ4n) is 2.81. The highest BCUT2D eigenvalue weighted by Gasteiger charge is 2.23. The number of benzene rings is 2. The van der Waals surface area contributed by atoms with E-state index in [-0.39, 0.29) is 5.97 Å². The van der Waals surface area contributed by atoms with E-state index in [0.29, 0.717) is 12.3 Å². The first-order chi connectivity index (χ1) is 9.83. The highest BCUT2D eigenvalue weighted by atomic mass is 16.5. The van der Waals surface area contributed by atoms with Crippen LogP contribution in [-0.2, 0) is 11.2 Å². The number of carbonyl (C=O) groups is 1. The zero-order valence-corrected chi connectivity index (χ0v) is 10.8. The molecule has 20 heavy (non-hydrogen) atoms. The van der Waals surface area contributed by atoms with Crippen molar-refractivity contribution in [3.63, 3.8) is 0 Å². The Morgan fingerprint density at radius 3 is 2.70 bits per heavy atom. The average molecular weight is 263 g/mol. The average Bonchev–Trinajstić information content (AvgIpc) is 2.88. The number of rotatable bonds is 1. The van der Waals surface area contributed by atoms with Crippen LogP contribution >= 0.6 is 0 Å². The SMILES string of the molecule is O=C1OCCc2c1[nH]c1ccc(-c3ccccc3)cc21. The second-order valence-corrected chi connectivity index (χ2v) is 4.99. The Kier molecular flexibility index (Phi) is 2.39. The summed E-state index contributed by atoms with van der Waals surface area (Å²) in [5, 5.41) is 1.12. The summed E-state index contributed by atoms with van der Waals surface area (Å²) in [7, 11) is 0. The second kappa shape index (κ2) is 4.23. The Balaban J connectivity index is 1.93. The zero-order valence-electron chi connectivity index (χ0n) is 10.8. The minimum atomic E-state index is -0.247. The first kappa shape index (κ1) is 11.3. The van der Waals surface area contributed by atoms with Gasteiger partial charge in [-0.15, -0.1) is 0 Å². The van der Waals surface area contributed by atoms with E-state index in [0.717, 1.165) is 22.9 Å². The Labute approximate surface area is 116 Å². The number of ether oxygens (including phenoxy) is 1. The maximum absolute atomic E-state index is 11.8. The van der Waals surface area contributed by atoms with Gasteiger partial charge in [0.05, 0.1) is 6.61 Å². The molecule has 1 aromatic heterocycles. The summed E-state index contributed by atoms with van der Waals surface area (Å²) in [5.41, 5.74) is 5.03. The van der Waals surface area contributed by atoms with Crippen LogP contribution in [0.15, 0.2) is 48.5 Å². The summed E-state index contributed by atoms with van der Waals surface area (Å²) in [4.78, 5) is 14.9. The topological polar surface area (TPSA) is 42.1 Å². The standard InChI is InChI=1S/C17H13NO2/c19-17-16-13(8-9-20-17)14-10-12(6-7-15(14)18-16)11-4-2-1-3-5-11/h1-7,10,18H,8-9H2. The highest BCUT2D eigenvalue weighted by molar-refractivity contribution is 6.00. The number of aromatic amines is 1. The number of carbonyl (C=O) groups excluding carboxylic acids is 1. The number of hydrogen-bond acceptors (Lipinski definition) is 2. The Morgan fingerprint density at radius 1 is 1.00 bits per heavy atom. The van der Waals surface area contributed by atoms with Gasteiger partial charge in [0.15, 0.2) is 0 Å². The second-order valence-electron chi connectivity index (χ2n) is 4.99. The molecule has 1 N–H and O–H groups in total. The molecule has 0 atom stereocenters. The molecule has 98 valence electrons. The number of fused-ring (bicyclic) bond motifs is 3. The van der Waals surface area contributed by atoms with Crippen LogP contribution in [0.2, 0.25) is 0 Å². The van der Waals surface area contributed by atoms with Crippen molar-refractivity contribution in [2.45, 2.75) is 6.42 Å². The van der Waals surface area contributed by atoms with E-state index in [1.807, 2.05) is 24.3 Å². The largest absolute Gasteiger partial charge is 0.461 e. The molecule has 3 nitrogen and oxygen atoms in total. The zero-order chi connectivity index (χ0) is 13.5. The molecule has 1 aliphatic heterocycles. The number of esters is 1. The predicted octanol–water partition coefficient (Wildman–Crippen LogP) is 3.55. The third kappa shape index (κ3) is 1.63. The third-order valence-electron chi connectivity index (χ3n) is 3.80. The normalized spacial score (nSPS) is 14.1. The van der Waals surface area contributed by atoms with Gasteiger partial charge in [-0.2, -0.15) is 0 Å². The quantitative estimate of drug-likeness (QED) is 0.682. The molecule has 0 saturated carbocycles. The molecule has 1 aliphatic rings. The van der Waals surface area contributed by atoms with Crippen LogP contribution in [0.5, 0.6) is 0 Å². The lowest BCUT2D eigenvalue weighted by atomic mass is 10.0. The van der Waals surface area contributed by atoms with Crippen molar-refractivity contribution >= 4 is 16.9 Å². The molecule has 0 fully saturated rings. The summed E-state index contributed by atoms with van der Waals surface area (Å²) in [5.74, 6) is -0.247. The summed E-state index contributed by atoms with van der Waals surface area (Å²) in [6.07, 6.45) is 0.777. The van der Waals surface area contributed by atoms with Crippen LogP contribution in [0, 0.1) is 0 Å². The third-order valence-corrected chi connectivity index (χ3v) is 3.80. The van der Waals surface area contributed by atoms with Gasteiger partial charge in [0.1, 0.15) is 5.69 Å². The smallest absolute Gasteiger partial charge is 0.355 e. The Hall–Kier alpha value is -2.55. The predicted molar refractivity (Wildman–Crippen MR) is 77.7 cm³/mol. The lowest BCUT2D eigenvalue weighted by Gasteiger charge is -2.11. The molecule has 0 aliphatic carbocycles. The minimum Gasteiger partial charge on any atom is -0.461 e. The van der Waals surface area contributed by atoms with Crippen molar-refractivity contribution in [2.24, 2.45) is 0 Å². The number of H-pyrrole nitrogens is 1. The monoisotopic (exact) mass is 263 g/mol. The van der Waals surface area contributed by atoms with Crippen LogP contribution in [0.4, 0.5) is 0 Å². The maximum Gasteiger partial charge on any atom is 0.355 e. The van der Waals surface area contributed by atoms with Crippen LogP contribution in [0.25, 0.3) is 22.0 Å². The van der Waals surface area contributed by atoms with Gasteiger partial charge in [-0.25, -0.2) is 4.79 Å². The van der Waals surface area contributed by atoms with Crippen LogP contribution in [0.1, 0.15) is 16.1 Å². The summed E-state index contributed by atoms with van der Waals surface area (Å²) >= 11 is 0. The van der Waals surface area contributed by atoms with E-state index in [4.69, 9.17) is 4.74 Å². The van der Waals surface area contributed by atoms with Gasteiger partial charge in [0.25, 0.3) is 0 Å². The molecular weight excluding hydrogens is 250 g/mol. The van der Waals surface area contributed by atoms with E-state index < -0.39 is 0 Å². The van der Waals surface area contributed by atoms with Gasteiger partial charge in [0.2, 0.25) is 0 Å². The van der Waals surface area contributed by atoms with Gasteiger partial charge in [-0.1, -0.05) is 36.4 Å². The summed E-state index contributed by atoms with van der Waals surface area (Å²) < 4.78 is 5.08. The molecule has 3 heteroatoms. The molecular formula is C17H13NO2. The summed E-state index contributed by atoms with van der Waals surface area (Å²) in [6, 6.07) is 16.5. The minimum absolute atomic E-state index is 0.247. The van der Waals surface area contributed by atoms with E-state index in [2.05, 4.69) is 29.2 Å². The molecule has 2 aromatic carbocycles. The van der Waals surface area contributed by atoms with E-state index in [1.165, 1.54) is 11.1 Å². The number of hydrogen-bond donors (Lipinski definition) is 1. The van der Waals surface area contributed by atoms with E-state index in [9.17, 15) is 4.79 Å². The number of aromatic nitrogens is 1. The van der Waals surface area contributed by atoms with Crippen molar-refractivity contribution in [3.8, 4) is 11.1 Å². The van der Waals surface area contributed by atoms with Crippen molar-refractivity contribution < 1.29 is 9.53 Å². The van der Waals surface area contributed by atoms with Gasteiger partial charge < -0.3 is 9.72 Å². The van der Waals surface area contributed by atoms with Crippen LogP contribution < -0.4 is 0 Å². The molecule has 0 radical (unpaired) electrons. The number of cyclic esters (lactones) is 1. The maximum atomic E-state index is 11.8. The van der Waals surface area contributed by atoms with Crippen molar-refractivity contribution in [1.29, 1.82) is 0 Å². The highest BCUT2D eigenvalue weighted by Crippen LogP contribution is 2.30. The van der Waals surface area contributed by atoms with Crippen molar-refractivity contribution in [3.05, 3.63) is 59.8 Å². The van der Waals surface area contributed by atoms with Crippen LogP contribution in [-0.4, -0.2) is 17.6 Å². The molecule has 0 unspecified atom stereocenters. The van der Waals surface area contributed by atoms with Crippen molar-refractivity contribution in [2.75, 3.05) is 6.61 Å². The van der Waals surface area contributed by atoms with Gasteiger partial charge in [-0.3, -0.25) is 0 Å². The molecule has 4 rings (SSSR count). The van der Waals surface area contributed by atoms with E-state index in [1.54, 1.807) is 0 Å².